The van der Waals surface area contributed by atoms with Crippen molar-refractivity contribution in [3.05, 3.63) is 78.0 Å². The van der Waals surface area contributed by atoms with Crippen LogP contribution in [0.3, 0.4) is 0 Å². The molecule has 0 radical (unpaired) electrons. The zero-order chi connectivity index (χ0) is 17.4. The third-order valence-electron chi connectivity index (χ3n) is 3.86. The summed E-state index contributed by atoms with van der Waals surface area (Å²) in [4.78, 5) is 12.5. The van der Waals surface area contributed by atoms with Gasteiger partial charge in [0.2, 0.25) is 0 Å². The predicted molar refractivity (Wildman–Crippen MR) is 90.4 cm³/mol. The van der Waals surface area contributed by atoms with Crippen LogP contribution in [-0.2, 0) is 21.6 Å². The van der Waals surface area contributed by atoms with Gasteiger partial charge in [0, 0.05) is 11.8 Å². The lowest BCUT2D eigenvalue weighted by atomic mass is 10.1. The van der Waals surface area contributed by atoms with Crippen molar-refractivity contribution in [1.29, 1.82) is 0 Å². The number of aromatic nitrogens is 1. The van der Waals surface area contributed by atoms with Gasteiger partial charge in [0.1, 0.15) is 6.61 Å². The second-order valence-corrected chi connectivity index (χ2v) is 6.89. The van der Waals surface area contributed by atoms with Crippen LogP contribution in [0.1, 0.15) is 15.9 Å². The Morgan fingerprint density at radius 2 is 1.72 bits per heavy atom. The van der Waals surface area contributed by atoms with Gasteiger partial charge >= 0.3 is 16.3 Å². The minimum absolute atomic E-state index is 0.106. The average Bonchev–Trinajstić information content (AvgIpc) is 3.07. The molecule has 1 aromatic heterocycles. The maximum atomic E-state index is 12.5. The molecule has 0 bridgehead atoms. The SMILES string of the molecule is O=C(OCc1ccccc1)c1ccn2c1-c1ccccc1OS2(=O)=O. The number of esters is 1. The second-order valence-electron chi connectivity index (χ2n) is 5.47. The van der Waals surface area contributed by atoms with E-state index in [1.807, 2.05) is 30.3 Å². The minimum Gasteiger partial charge on any atom is -0.457 e. The van der Waals surface area contributed by atoms with Crippen molar-refractivity contribution in [3.8, 4) is 17.0 Å². The summed E-state index contributed by atoms with van der Waals surface area (Å²) in [5.74, 6) is -0.407. The molecular weight excluding hydrogens is 342 g/mol. The summed E-state index contributed by atoms with van der Waals surface area (Å²) in [6.07, 6.45) is 1.29. The van der Waals surface area contributed by atoms with E-state index in [2.05, 4.69) is 0 Å². The molecule has 4 rings (SSSR count). The molecule has 0 atom stereocenters. The van der Waals surface area contributed by atoms with Gasteiger partial charge in [0.05, 0.1) is 11.3 Å². The third-order valence-corrected chi connectivity index (χ3v) is 5.04. The summed E-state index contributed by atoms with van der Waals surface area (Å²) in [6.45, 7) is 0.106. The van der Waals surface area contributed by atoms with Crippen molar-refractivity contribution < 1.29 is 22.1 Å². The van der Waals surface area contributed by atoms with Crippen molar-refractivity contribution in [2.75, 3.05) is 0 Å². The van der Waals surface area contributed by atoms with E-state index < -0.39 is 16.3 Å². The van der Waals surface area contributed by atoms with Crippen molar-refractivity contribution >= 4 is 16.3 Å². The van der Waals surface area contributed by atoms with Crippen LogP contribution in [0.4, 0.5) is 0 Å². The van der Waals surface area contributed by atoms with Crippen molar-refractivity contribution in [1.82, 2.24) is 3.97 Å². The maximum absolute atomic E-state index is 12.5. The first kappa shape index (κ1) is 15.5. The summed E-state index contributed by atoms with van der Waals surface area (Å²) in [5.41, 5.74) is 1.80. The molecule has 0 saturated carbocycles. The Morgan fingerprint density at radius 1 is 1.00 bits per heavy atom. The topological polar surface area (TPSA) is 74.6 Å². The van der Waals surface area contributed by atoms with E-state index in [0.717, 1.165) is 9.54 Å². The molecule has 1 aliphatic heterocycles. The van der Waals surface area contributed by atoms with Gasteiger partial charge in [-0.05, 0) is 23.8 Å². The van der Waals surface area contributed by atoms with Gasteiger partial charge in [0.25, 0.3) is 0 Å². The van der Waals surface area contributed by atoms with Crippen molar-refractivity contribution in [3.63, 3.8) is 0 Å². The summed E-state index contributed by atoms with van der Waals surface area (Å²) in [5, 5.41) is 0. The quantitative estimate of drug-likeness (QED) is 0.675. The monoisotopic (exact) mass is 355 g/mol. The lowest BCUT2D eigenvalue weighted by Gasteiger charge is -2.20. The van der Waals surface area contributed by atoms with Gasteiger partial charge in [-0.1, -0.05) is 42.5 Å². The number of hydrogen-bond donors (Lipinski definition) is 0. The van der Waals surface area contributed by atoms with Crippen LogP contribution in [0.25, 0.3) is 11.3 Å². The van der Waals surface area contributed by atoms with Crippen molar-refractivity contribution in [2.45, 2.75) is 6.61 Å². The molecule has 0 spiro atoms. The Hall–Kier alpha value is -3.06. The summed E-state index contributed by atoms with van der Waals surface area (Å²) >= 11 is 0. The first-order chi connectivity index (χ1) is 12.1. The number of fused-ring (bicyclic) bond motifs is 3. The molecule has 3 aromatic rings. The normalized spacial score (nSPS) is 14.1. The van der Waals surface area contributed by atoms with Gasteiger partial charge in [-0.2, -0.15) is 8.42 Å². The zero-order valence-corrected chi connectivity index (χ0v) is 13.8. The Morgan fingerprint density at radius 3 is 2.52 bits per heavy atom. The van der Waals surface area contributed by atoms with Crippen LogP contribution in [-0.4, -0.2) is 18.4 Å². The van der Waals surface area contributed by atoms with Crippen LogP contribution in [0.2, 0.25) is 0 Å². The highest BCUT2D eigenvalue weighted by Crippen LogP contribution is 2.39. The van der Waals surface area contributed by atoms with Crippen LogP contribution >= 0.6 is 0 Å². The largest absolute Gasteiger partial charge is 0.457 e. The molecule has 25 heavy (non-hydrogen) atoms. The summed E-state index contributed by atoms with van der Waals surface area (Å²) in [7, 11) is -4.03. The number of carbonyl (C=O) groups excluding carboxylic acids is 1. The fourth-order valence-corrected chi connectivity index (χ4v) is 3.80. The molecule has 6 nitrogen and oxygen atoms in total. The molecule has 0 unspecified atom stereocenters. The van der Waals surface area contributed by atoms with Gasteiger partial charge in [-0.25, -0.2) is 8.77 Å². The van der Waals surface area contributed by atoms with Crippen molar-refractivity contribution in [2.24, 2.45) is 0 Å². The van der Waals surface area contributed by atoms with Gasteiger partial charge < -0.3 is 8.92 Å². The van der Waals surface area contributed by atoms with E-state index in [1.54, 1.807) is 24.3 Å². The van der Waals surface area contributed by atoms with Crippen LogP contribution in [0.5, 0.6) is 5.75 Å². The smallest absolute Gasteiger partial charge is 0.413 e. The van der Waals surface area contributed by atoms with E-state index in [4.69, 9.17) is 8.92 Å². The second kappa shape index (κ2) is 5.78. The molecule has 126 valence electrons. The lowest BCUT2D eigenvalue weighted by molar-refractivity contribution is 0.0474. The molecule has 1 aliphatic rings. The zero-order valence-electron chi connectivity index (χ0n) is 13.0. The maximum Gasteiger partial charge on any atom is 0.413 e. The van der Waals surface area contributed by atoms with Crippen LogP contribution in [0.15, 0.2) is 66.9 Å². The van der Waals surface area contributed by atoms with E-state index in [-0.39, 0.29) is 23.6 Å². The summed E-state index contributed by atoms with van der Waals surface area (Å²) < 4.78 is 35.8. The summed E-state index contributed by atoms with van der Waals surface area (Å²) in [6, 6.07) is 17.3. The standard InChI is InChI=1S/C18H13NO5S/c20-18(23-12-13-6-2-1-3-7-13)15-10-11-19-17(15)14-8-4-5-9-16(14)24-25(19,21)22/h1-11H,12H2. The van der Waals surface area contributed by atoms with Crippen LogP contribution < -0.4 is 4.18 Å². The predicted octanol–water partition coefficient (Wildman–Crippen LogP) is 3.00. The molecule has 0 amide bonds. The number of hydrogen-bond acceptors (Lipinski definition) is 5. The molecular formula is C18H13NO5S. The number of benzene rings is 2. The molecule has 0 aliphatic carbocycles. The highest BCUT2D eigenvalue weighted by Gasteiger charge is 2.32. The molecule has 0 saturated heterocycles. The van der Waals surface area contributed by atoms with Crippen LogP contribution in [0, 0.1) is 0 Å². The van der Waals surface area contributed by atoms with Gasteiger partial charge in [0.15, 0.2) is 5.75 Å². The third kappa shape index (κ3) is 2.68. The first-order valence-corrected chi connectivity index (χ1v) is 8.89. The highest BCUT2D eigenvalue weighted by atomic mass is 32.2. The Balaban J connectivity index is 1.71. The van der Waals surface area contributed by atoms with E-state index in [1.165, 1.54) is 12.3 Å². The van der Waals surface area contributed by atoms with E-state index in [9.17, 15) is 13.2 Å². The minimum atomic E-state index is -4.03. The average molecular weight is 355 g/mol. The highest BCUT2D eigenvalue weighted by molar-refractivity contribution is 7.85. The van der Waals surface area contributed by atoms with E-state index >= 15 is 0 Å². The van der Waals surface area contributed by atoms with E-state index in [0.29, 0.717) is 5.56 Å². The molecule has 2 aromatic carbocycles. The van der Waals surface area contributed by atoms with Gasteiger partial charge in [-0.15, -0.1) is 0 Å². The number of nitrogens with zero attached hydrogens (tertiary/aromatic N) is 1. The Labute approximate surface area is 144 Å². The first-order valence-electron chi connectivity index (χ1n) is 7.53. The number of rotatable bonds is 3. The molecule has 7 heteroatoms. The fraction of sp³-hybridized carbons (Fsp3) is 0.0556. The lowest BCUT2D eigenvalue weighted by Crippen LogP contribution is -2.24. The van der Waals surface area contributed by atoms with Gasteiger partial charge in [-0.3, -0.25) is 0 Å². The number of carbonyl (C=O) groups is 1. The molecule has 0 fully saturated rings. The Kier molecular flexibility index (Phi) is 3.58. The number of para-hydroxylation sites is 1. The number of ether oxygens (including phenoxy) is 1. The Bertz CT molecular complexity index is 1050. The molecule has 0 N–H and O–H groups in total. The fourth-order valence-electron chi connectivity index (χ4n) is 2.72. The molecule has 2 heterocycles.